The van der Waals surface area contributed by atoms with E-state index in [4.69, 9.17) is 21.1 Å². The molecule has 3 aromatic rings. The minimum Gasteiger partial charge on any atom is -0.497 e. The largest absolute Gasteiger partial charge is 0.497 e. The van der Waals surface area contributed by atoms with E-state index in [9.17, 15) is 28.1 Å². The highest BCUT2D eigenvalue weighted by Gasteiger charge is 2.35. The minimum absolute atomic E-state index is 0.0124. The van der Waals surface area contributed by atoms with Gasteiger partial charge in [-0.05, 0) is 68.7 Å². The molecule has 1 fully saturated rings. The van der Waals surface area contributed by atoms with Gasteiger partial charge in [0.2, 0.25) is 11.8 Å². The normalized spacial score (nSPS) is 14.1. The molecule has 0 aromatic heterocycles. The zero-order chi connectivity index (χ0) is 34.3. The van der Waals surface area contributed by atoms with Crippen LogP contribution in [0.5, 0.6) is 11.5 Å². The van der Waals surface area contributed by atoms with E-state index in [-0.39, 0.29) is 40.5 Å². The van der Waals surface area contributed by atoms with Gasteiger partial charge in [-0.15, -0.1) is 0 Å². The second-order valence-corrected chi connectivity index (χ2v) is 13.7. The van der Waals surface area contributed by atoms with Gasteiger partial charge in [-0.1, -0.05) is 49.1 Å². The second kappa shape index (κ2) is 15.5. The topological polar surface area (TPSA) is 148 Å². The average Bonchev–Trinajstić information content (AvgIpc) is 3.06. The maximum atomic E-state index is 14.3. The Balaban J connectivity index is 1.77. The van der Waals surface area contributed by atoms with Crippen molar-refractivity contribution in [3.05, 3.63) is 86.9 Å². The average molecular weight is 687 g/mol. The molecular weight excluding hydrogens is 648 g/mol. The summed E-state index contributed by atoms with van der Waals surface area (Å²) in [5.74, 6) is -0.355. The predicted octanol–water partition coefficient (Wildman–Crippen LogP) is 5.64. The van der Waals surface area contributed by atoms with Gasteiger partial charge in [-0.25, -0.2) is 8.42 Å². The second-order valence-electron chi connectivity index (χ2n) is 11.4. The lowest BCUT2D eigenvalue weighted by Crippen LogP contribution is -2.53. The van der Waals surface area contributed by atoms with Crippen molar-refractivity contribution in [1.82, 2.24) is 10.2 Å². The highest BCUT2D eigenvalue weighted by Crippen LogP contribution is 2.36. The van der Waals surface area contributed by atoms with Crippen LogP contribution >= 0.6 is 11.6 Å². The molecule has 0 heterocycles. The van der Waals surface area contributed by atoms with Gasteiger partial charge in [0.25, 0.3) is 15.7 Å². The van der Waals surface area contributed by atoms with E-state index in [0.717, 1.165) is 42.5 Å². The molecule has 1 aliphatic carbocycles. The number of carbonyl (C=O) groups excluding carboxylic acids is 2. The van der Waals surface area contributed by atoms with Crippen LogP contribution in [-0.4, -0.2) is 62.9 Å². The highest BCUT2D eigenvalue weighted by atomic mass is 35.5. The van der Waals surface area contributed by atoms with E-state index >= 15 is 0 Å². The fourth-order valence-electron chi connectivity index (χ4n) is 5.52. The van der Waals surface area contributed by atoms with Crippen molar-refractivity contribution >= 4 is 44.8 Å². The molecule has 0 radical (unpaired) electrons. The zero-order valence-corrected chi connectivity index (χ0v) is 28.3. The molecule has 3 aromatic carbocycles. The SMILES string of the molecule is COc1ccc(CN(C(=O)CN(c2cc(Cl)ccc2OC)S(=O)(=O)c2ccc(C)c([N+](=O)[O-])c2)C(C)C(=O)NC2CCCCC2)cc1. The molecule has 1 atom stereocenters. The van der Waals surface area contributed by atoms with Gasteiger partial charge >= 0.3 is 0 Å². The maximum absolute atomic E-state index is 14.3. The molecule has 1 N–H and O–H groups in total. The van der Waals surface area contributed by atoms with Crippen LogP contribution in [0.25, 0.3) is 0 Å². The first kappa shape index (κ1) is 35.5. The monoisotopic (exact) mass is 686 g/mol. The van der Waals surface area contributed by atoms with Gasteiger partial charge in [0, 0.05) is 29.2 Å². The number of halogens is 1. The van der Waals surface area contributed by atoms with Crippen LogP contribution in [0.4, 0.5) is 11.4 Å². The quantitative estimate of drug-likeness (QED) is 0.180. The number of rotatable bonds is 13. The van der Waals surface area contributed by atoms with Crippen LogP contribution in [0.1, 0.15) is 50.2 Å². The molecule has 0 spiro atoms. The molecule has 0 bridgehead atoms. The number of amides is 2. The fourth-order valence-corrected chi connectivity index (χ4v) is 7.13. The van der Waals surface area contributed by atoms with E-state index in [2.05, 4.69) is 5.32 Å². The van der Waals surface area contributed by atoms with Crippen molar-refractivity contribution in [2.45, 2.75) is 69.5 Å². The molecule has 0 aliphatic heterocycles. The van der Waals surface area contributed by atoms with Gasteiger partial charge < -0.3 is 19.7 Å². The van der Waals surface area contributed by atoms with Crippen LogP contribution in [0, 0.1) is 17.0 Å². The number of hydrogen-bond donors (Lipinski definition) is 1. The third-order valence-corrected chi connectivity index (χ3v) is 10.3. The summed E-state index contributed by atoms with van der Waals surface area (Å²) in [4.78, 5) is 39.8. The van der Waals surface area contributed by atoms with E-state index in [1.54, 1.807) is 31.2 Å². The number of sulfonamides is 1. The van der Waals surface area contributed by atoms with Crippen LogP contribution < -0.4 is 19.1 Å². The molecule has 4 rings (SSSR count). The first-order valence-electron chi connectivity index (χ1n) is 15.2. The van der Waals surface area contributed by atoms with Gasteiger partial charge in [0.1, 0.15) is 24.1 Å². The number of benzene rings is 3. The standard InChI is InChI=1S/C33H39ClN4O8S/c1-22-10-16-28(19-29(22)38(41)42)47(43,44)37(30-18-25(34)13-17-31(30)46-4)21-32(39)36(20-24-11-14-27(45-3)15-12-24)23(2)33(40)35-26-8-6-5-7-9-26/h10-19,23,26H,5-9,20-21H2,1-4H3,(H,35,40). The first-order chi connectivity index (χ1) is 22.3. The lowest BCUT2D eigenvalue weighted by Gasteiger charge is -2.33. The molecule has 1 saturated carbocycles. The summed E-state index contributed by atoms with van der Waals surface area (Å²) in [5.41, 5.74) is 0.491. The molecule has 12 nitrogen and oxygen atoms in total. The van der Waals surface area contributed by atoms with Crippen LogP contribution in [0.15, 0.2) is 65.6 Å². The summed E-state index contributed by atoms with van der Waals surface area (Å²) < 4.78 is 40.1. The number of nitro benzene ring substituents is 1. The summed E-state index contributed by atoms with van der Waals surface area (Å²) in [7, 11) is -1.76. The molecule has 1 unspecified atom stereocenters. The molecule has 2 amide bonds. The lowest BCUT2D eigenvalue weighted by atomic mass is 9.95. The lowest BCUT2D eigenvalue weighted by molar-refractivity contribution is -0.385. The summed E-state index contributed by atoms with van der Waals surface area (Å²) >= 11 is 6.29. The van der Waals surface area contributed by atoms with Crippen LogP contribution in [-0.2, 0) is 26.2 Å². The number of carbonyl (C=O) groups is 2. The fraction of sp³-hybridized carbons (Fsp3) is 0.394. The Morgan fingerprint density at radius 2 is 1.70 bits per heavy atom. The van der Waals surface area contributed by atoms with Gasteiger partial charge in [-0.3, -0.25) is 24.0 Å². The number of nitrogens with one attached hydrogen (secondary N) is 1. The molecule has 14 heteroatoms. The van der Waals surface area contributed by atoms with Crippen molar-refractivity contribution in [2.75, 3.05) is 25.1 Å². The molecule has 252 valence electrons. The number of anilines is 1. The van der Waals surface area contributed by atoms with E-state index in [1.165, 1.54) is 56.4 Å². The Hall–Kier alpha value is -4.36. The Labute approximate surface area is 279 Å². The summed E-state index contributed by atoms with van der Waals surface area (Å²) in [6.07, 6.45) is 4.78. The van der Waals surface area contributed by atoms with Crippen molar-refractivity contribution in [3.8, 4) is 11.5 Å². The number of aryl methyl sites for hydroxylation is 1. The zero-order valence-electron chi connectivity index (χ0n) is 26.8. The third-order valence-electron chi connectivity index (χ3n) is 8.28. The predicted molar refractivity (Wildman–Crippen MR) is 178 cm³/mol. The Morgan fingerprint density at radius 1 is 1.02 bits per heavy atom. The Bertz CT molecular complexity index is 1710. The number of nitrogens with zero attached hydrogens (tertiary/aromatic N) is 3. The summed E-state index contributed by atoms with van der Waals surface area (Å²) in [6.45, 7) is 2.31. The smallest absolute Gasteiger partial charge is 0.273 e. The van der Waals surface area contributed by atoms with Gasteiger partial charge in [0.15, 0.2) is 0 Å². The van der Waals surface area contributed by atoms with Gasteiger partial charge in [0.05, 0.1) is 29.7 Å². The Morgan fingerprint density at radius 3 is 2.32 bits per heavy atom. The van der Waals surface area contributed by atoms with E-state index in [1.807, 2.05) is 0 Å². The molecule has 0 saturated heterocycles. The minimum atomic E-state index is -4.63. The van der Waals surface area contributed by atoms with Crippen LogP contribution in [0.3, 0.4) is 0 Å². The summed E-state index contributed by atoms with van der Waals surface area (Å²) in [5, 5.41) is 14.9. The van der Waals surface area contributed by atoms with Crippen molar-refractivity contribution in [1.29, 1.82) is 0 Å². The number of nitro groups is 1. The van der Waals surface area contributed by atoms with Crippen molar-refractivity contribution in [3.63, 3.8) is 0 Å². The van der Waals surface area contributed by atoms with Crippen LogP contribution in [0.2, 0.25) is 5.02 Å². The molecule has 1 aliphatic rings. The van der Waals surface area contributed by atoms with Crippen molar-refractivity contribution in [2.24, 2.45) is 0 Å². The number of methoxy groups -OCH3 is 2. The summed E-state index contributed by atoms with van der Waals surface area (Å²) in [6, 6.07) is 13.8. The van der Waals surface area contributed by atoms with Gasteiger partial charge in [-0.2, -0.15) is 0 Å². The Kier molecular flexibility index (Phi) is 11.7. The molecule has 47 heavy (non-hydrogen) atoms. The first-order valence-corrected chi connectivity index (χ1v) is 17.0. The molecular formula is C33H39ClN4O8S. The highest BCUT2D eigenvalue weighted by molar-refractivity contribution is 7.92. The van der Waals surface area contributed by atoms with Crippen molar-refractivity contribution < 1.29 is 32.4 Å². The van der Waals surface area contributed by atoms with E-state index in [0.29, 0.717) is 11.3 Å². The number of ether oxygens (including phenoxy) is 2. The third kappa shape index (κ3) is 8.52. The van der Waals surface area contributed by atoms with E-state index < -0.39 is 44.0 Å². The number of hydrogen-bond acceptors (Lipinski definition) is 8. The maximum Gasteiger partial charge on any atom is 0.273 e.